The first-order valence-electron chi connectivity index (χ1n) is 10.0. The summed E-state index contributed by atoms with van der Waals surface area (Å²) in [6, 6.07) is 7.13. The molecule has 1 aromatic carbocycles. The first-order chi connectivity index (χ1) is 14.9. The van der Waals surface area contributed by atoms with Crippen LogP contribution in [0.25, 0.3) is 23.3 Å². The third kappa shape index (κ3) is 3.78. The maximum absolute atomic E-state index is 13.9. The molecule has 31 heavy (non-hydrogen) atoms. The van der Waals surface area contributed by atoms with Crippen molar-refractivity contribution in [2.24, 2.45) is 0 Å². The fourth-order valence-corrected chi connectivity index (χ4v) is 3.46. The van der Waals surface area contributed by atoms with Crippen molar-refractivity contribution >= 4 is 23.3 Å². The van der Waals surface area contributed by atoms with Crippen molar-refractivity contribution < 1.29 is 18.3 Å². The molecule has 4 rings (SSSR count). The van der Waals surface area contributed by atoms with E-state index in [1.165, 1.54) is 10.6 Å². The maximum atomic E-state index is 13.9. The normalized spacial score (nSPS) is 14.6. The second-order valence-electron chi connectivity index (χ2n) is 7.05. The third-order valence-corrected chi connectivity index (χ3v) is 5.13. The summed E-state index contributed by atoms with van der Waals surface area (Å²) < 4.78 is 41.3. The largest absolute Gasteiger partial charge is 0.486 e. The van der Waals surface area contributed by atoms with Crippen LogP contribution in [0.15, 0.2) is 33.9 Å². The van der Waals surface area contributed by atoms with Gasteiger partial charge in [-0.2, -0.15) is 8.78 Å². The lowest BCUT2D eigenvalue weighted by atomic mass is 10.2. The van der Waals surface area contributed by atoms with Gasteiger partial charge in [-0.05, 0) is 37.6 Å². The van der Waals surface area contributed by atoms with Crippen LogP contribution in [0.5, 0.6) is 5.75 Å². The number of aryl methyl sites for hydroxylation is 1. The molecule has 1 saturated heterocycles. The van der Waals surface area contributed by atoms with Gasteiger partial charge in [-0.3, -0.25) is 18.5 Å². The fourth-order valence-electron chi connectivity index (χ4n) is 3.46. The number of nitrogens with zero attached hydrogens (tertiary/aromatic N) is 4. The van der Waals surface area contributed by atoms with Gasteiger partial charge in [-0.25, -0.2) is 9.78 Å². The highest BCUT2D eigenvalue weighted by Gasteiger charge is 2.24. The lowest BCUT2D eigenvalue weighted by molar-refractivity contribution is -0.0796. The lowest BCUT2D eigenvalue weighted by Gasteiger charge is -2.26. The van der Waals surface area contributed by atoms with Crippen LogP contribution in [0, 0.1) is 0 Å². The third-order valence-electron chi connectivity index (χ3n) is 5.13. The summed E-state index contributed by atoms with van der Waals surface area (Å²) in [6.45, 7) is 1.72. The van der Waals surface area contributed by atoms with Crippen LogP contribution in [0.4, 0.5) is 8.78 Å². The van der Waals surface area contributed by atoms with E-state index in [-0.39, 0.29) is 36.2 Å². The van der Waals surface area contributed by atoms with E-state index >= 15 is 0 Å². The molecule has 0 amide bonds. The molecule has 0 atom stereocenters. The van der Waals surface area contributed by atoms with E-state index in [2.05, 4.69) is 4.98 Å². The molecule has 1 aliphatic rings. The van der Waals surface area contributed by atoms with Crippen molar-refractivity contribution in [2.45, 2.75) is 39.6 Å². The molecule has 0 saturated carbocycles. The average Bonchev–Trinajstić information content (AvgIpc) is 3.10. The summed E-state index contributed by atoms with van der Waals surface area (Å²) in [5.74, 6) is 0.585. The zero-order chi connectivity index (χ0) is 22.1. The number of aromatic nitrogens is 4. The maximum Gasteiger partial charge on any atom is 0.332 e. The molecule has 164 valence electrons. The summed E-state index contributed by atoms with van der Waals surface area (Å²) in [7, 11) is 0. The van der Waals surface area contributed by atoms with Gasteiger partial charge in [0, 0.05) is 13.1 Å². The predicted molar refractivity (Wildman–Crippen MR) is 111 cm³/mol. The van der Waals surface area contributed by atoms with E-state index in [0.29, 0.717) is 23.5 Å². The average molecular weight is 432 g/mol. The van der Waals surface area contributed by atoms with Crippen LogP contribution in [0.2, 0.25) is 0 Å². The van der Waals surface area contributed by atoms with E-state index < -0.39 is 17.8 Å². The molecule has 0 spiro atoms. The van der Waals surface area contributed by atoms with Crippen molar-refractivity contribution in [2.75, 3.05) is 13.2 Å². The minimum absolute atomic E-state index is 0.0476. The molecule has 10 heteroatoms. The van der Waals surface area contributed by atoms with Crippen LogP contribution < -0.4 is 16.0 Å². The Hall–Kier alpha value is -3.27. The van der Waals surface area contributed by atoms with Gasteiger partial charge in [0.25, 0.3) is 5.56 Å². The monoisotopic (exact) mass is 432 g/mol. The Bertz CT molecular complexity index is 1240. The van der Waals surface area contributed by atoms with Gasteiger partial charge < -0.3 is 9.47 Å². The van der Waals surface area contributed by atoms with E-state index in [0.717, 1.165) is 10.1 Å². The number of rotatable bonds is 7. The Kier molecular flexibility index (Phi) is 5.73. The molecule has 1 fully saturated rings. The van der Waals surface area contributed by atoms with Gasteiger partial charge in [0.2, 0.25) is 0 Å². The van der Waals surface area contributed by atoms with Crippen LogP contribution in [-0.4, -0.2) is 38.0 Å². The number of benzene rings is 1. The lowest BCUT2D eigenvalue weighted by Crippen LogP contribution is -2.40. The number of hydrogen-bond donors (Lipinski definition) is 0. The molecule has 3 aromatic rings. The highest BCUT2D eigenvalue weighted by Crippen LogP contribution is 2.23. The Morgan fingerprint density at radius 2 is 1.81 bits per heavy atom. The smallest absolute Gasteiger partial charge is 0.332 e. The minimum atomic E-state index is -2.99. The van der Waals surface area contributed by atoms with Crippen LogP contribution >= 0.6 is 0 Å². The molecule has 0 radical (unpaired) electrons. The summed E-state index contributed by atoms with van der Waals surface area (Å²) in [4.78, 5) is 29.4. The molecule has 1 aliphatic heterocycles. The highest BCUT2D eigenvalue weighted by atomic mass is 19.3. The zero-order valence-electron chi connectivity index (χ0n) is 17.1. The first kappa shape index (κ1) is 21.0. The van der Waals surface area contributed by atoms with E-state index in [1.54, 1.807) is 44.2 Å². The number of ether oxygens (including phenoxy) is 2. The summed E-state index contributed by atoms with van der Waals surface area (Å²) in [5.41, 5.74) is -0.938. The molecule has 3 heterocycles. The van der Waals surface area contributed by atoms with Gasteiger partial charge in [0.1, 0.15) is 17.7 Å². The number of halogens is 2. The molecule has 0 unspecified atom stereocenters. The quantitative estimate of drug-likeness (QED) is 0.574. The topological polar surface area (TPSA) is 80.3 Å². The molecule has 0 aliphatic carbocycles. The van der Waals surface area contributed by atoms with Gasteiger partial charge in [0.05, 0.1) is 13.2 Å². The molecule has 2 aromatic heterocycles. The number of imidazole rings is 1. The SMILES string of the molecule is CCn1c(=O)c2c(nc(/C=C/c3ccc(OC4COC4)cc3)n2C(F)F)n(CC)c1=O. The van der Waals surface area contributed by atoms with E-state index in [1.807, 2.05) is 0 Å². The standard InChI is InChI=1S/C21H22F2N4O4/c1-3-25-18-17(19(28)26(4-2)21(25)29)27(20(22)23)16(24-18)10-7-13-5-8-14(9-6-13)31-15-11-30-12-15/h5-10,15,20H,3-4,11-12H2,1-2H3/b10-7+. The first-order valence-corrected chi connectivity index (χ1v) is 10.0. The summed E-state index contributed by atoms with van der Waals surface area (Å²) in [6.07, 6.45) is 3.07. The van der Waals surface area contributed by atoms with Crippen LogP contribution in [0.1, 0.15) is 31.8 Å². The molecule has 0 bridgehead atoms. The number of alkyl halides is 2. The van der Waals surface area contributed by atoms with Crippen molar-refractivity contribution in [1.82, 2.24) is 18.7 Å². The fraction of sp³-hybridized carbons (Fsp3) is 0.381. The zero-order valence-corrected chi connectivity index (χ0v) is 17.1. The predicted octanol–water partition coefficient (Wildman–Crippen LogP) is 2.74. The molecule has 0 N–H and O–H groups in total. The van der Waals surface area contributed by atoms with E-state index in [4.69, 9.17) is 9.47 Å². The van der Waals surface area contributed by atoms with Crippen molar-refractivity contribution in [3.8, 4) is 5.75 Å². The Balaban J connectivity index is 1.75. The molecular weight excluding hydrogens is 410 g/mol. The second-order valence-corrected chi connectivity index (χ2v) is 7.05. The molecule has 8 nitrogen and oxygen atoms in total. The van der Waals surface area contributed by atoms with Gasteiger partial charge >= 0.3 is 12.2 Å². The Labute approximate surface area is 176 Å². The Morgan fingerprint density at radius 3 is 2.35 bits per heavy atom. The highest BCUT2D eigenvalue weighted by molar-refractivity contribution is 5.77. The van der Waals surface area contributed by atoms with Crippen LogP contribution in [0.3, 0.4) is 0 Å². The number of fused-ring (bicyclic) bond motifs is 1. The van der Waals surface area contributed by atoms with Gasteiger partial charge in [-0.1, -0.05) is 18.2 Å². The molecular formula is C21H22F2N4O4. The number of hydrogen-bond acceptors (Lipinski definition) is 5. The van der Waals surface area contributed by atoms with Crippen LogP contribution in [-0.2, 0) is 17.8 Å². The van der Waals surface area contributed by atoms with Crippen molar-refractivity contribution in [1.29, 1.82) is 0 Å². The van der Waals surface area contributed by atoms with E-state index in [9.17, 15) is 18.4 Å². The van der Waals surface area contributed by atoms with Gasteiger partial charge in [0.15, 0.2) is 11.2 Å². The summed E-state index contributed by atoms with van der Waals surface area (Å²) in [5, 5.41) is 0. The Morgan fingerprint density at radius 1 is 1.13 bits per heavy atom. The van der Waals surface area contributed by atoms with Crippen molar-refractivity contribution in [3.05, 3.63) is 56.5 Å². The second kappa shape index (κ2) is 8.46. The van der Waals surface area contributed by atoms with Crippen molar-refractivity contribution in [3.63, 3.8) is 0 Å². The van der Waals surface area contributed by atoms with Gasteiger partial charge in [-0.15, -0.1) is 0 Å². The summed E-state index contributed by atoms with van der Waals surface area (Å²) >= 11 is 0. The minimum Gasteiger partial charge on any atom is -0.486 e.